The Morgan fingerprint density at radius 2 is 2.12 bits per heavy atom. The minimum absolute atomic E-state index is 0.0850. The van der Waals surface area contributed by atoms with E-state index < -0.39 is 16.7 Å². The summed E-state index contributed by atoms with van der Waals surface area (Å²) in [5.41, 5.74) is -0.845. The van der Waals surface area contributed by atoms with Gasteiger partial charge in [-0.25, -0.2) is 0 Å². The first-order valence-electron chi connectivity index (χ1n) is 7.73. The third kappa shape index (κ3) is 2.55. The molecule has 0 aliphatic heterocycles. The van der Waals surface area contributed by atoms with Gasteiger partial charge in [-0.15, -0.1) is 0 Å². The molecule has 1 fully saturated rings. The van der Waals surface area contributed by atoms with Crippen molar-refractivity contribution in [2.45, 2.75) is 24.9 Å². The van der Waals surface area contributed by atoms with Gasteiger partial charge in [0.1, 0.15) is 11.2 Å². The predicted molar refractivity (Wildman–Crippen MR) is 86.6 cm³/mol. The molecule has 0 unspecified atom stereocenters. The van der Waals surface area contributed by atoms with E-state index in [2.05, 4.69) is 16.2 Å². The molecule has 0 amide bonds. The minimum atomic E-state index is -0.852. The van der Waals surface area contributed by atoms with Crippen LogP contribution in [-0.2, 0) is 12.1 Å². The van der Waals surface area contributed by atoms with Crippen molar-refractivity contribution >= 4 is 0 Å². The fourth-order valence-corrected chi connectivity index (χ4v) is 2.70. The maximum atomic E-state index is 12.3. The van der Waals surface area contributed by atoms with Crippen molar-refractivity contribution < 1.29 is 4.52 Å². The van der Waals surface area contributed by atoms with Gasteiger partial charge in [-0.1, -0.05) is 5.16 Å². The van der Waals surface area contributed by atoms with Gasteiger partial charge < -0.3 is 9.09 Å². The molecule has 25 heavy (non-hydrogen) atoms. The molecule has 3 aromatic heterocycles. The molecule has 0 aromatic carbocycles. The first kappa shape index (κ1) is 15.1. The molecule has 4 rings (SSSR count). The number of pyridine rings is 1. The van der Waals surface area contributed by atoms with Crippen molar-refractivity contribution in [3.05, 3.63) is 69.5 Å². The van der Waals surface area contributed by atoms with Gasteiger partial charge in [-0.2, -0.15) is 5.26 Å². The number of hydrogen-bond acceptors (Lipinski definition) is 6. The highest BCUT2D eigenvalue weighted by molar-refractivity contribution is 5.57. The monoisotopic (exact) mass is 335 g/mol. The Morgan fingerprint density at radius 3 is 2.80 bits per heavy atom. The van der Waals surface area contributed by atoms with Crippen molar-refractivity contribution in [2.24, 2.45) is 0 Å². The van der Waals surface area contributed by atoms with E-state index in [1.165, 1.54) is 21.5 Å². The molecule has 0 radical (unpaired) electrons. The maximum absolute atomic E-state index is 12.3. The summed E-state index contributed by atoms with van der Waals surface area (Å²) < 4.78 is 7.73. The van der Waals surface area contributed by atoms with Crippen LogP contribution >= 0.6 is 0 Å². The van der Waals surface area contributed by atoms with Crippen molar-refractivity contribution in [1.82, 2.24) is 19.3 Å². The van der Waals surface area contributed by atoms with Gasteiger partial charge in [-0.05, 0) is 25.0 Å². The van der Waals surface area contributed by atoms with Crippen molar-refractivity contribution in [3.8, 4) is 17.3 Å². The highest BCUT2D eigenvalue weighted by atomic mass is 16.5. The summed E-state index contributed by atoms with van der Waals surface area (Å²) in [4.78, 5) is 28.6. The highest BCUT2D eigenvalue weighted by Gasteiger charge is 2.46. The van der Waals surface area contributed by atoms with Gasteiger partial charge in [0.2, 0.25) is 0 Å². The van der Waals surface area contributed by atoms with Crippen molar-refractivity contribution in [1.29, 1.82) is 5.26 Å². The van der Waals surface area contributed by atoms with Crippen LogP contribution in [0.5, 0.6) is 0 Å². The molecule has 8 nitrogen and oxygen atoms in total. The Labute approximate surface area is 141 Å². The Morgan fingerprint density at radius 1 is 1.28 bits per heavy atom. The summed E-state index contributed by atoms with van der Waals surface area (Å²) in [7, 11) is 0. The maximum Gasteiger partial charge on any atom is 0.317 e. The summed E-state index contributed by atoms with van der Waals surface area (Å²) in [6.45, 7) is 0.0850. The molecule has 124 valence electrons. The van der Waals surface area contributed by atoms with Gasteiger partial charge >= 0.3 is 11.1 Å². The molecule has 1 saturated carbocycles. The third-order valence-corrected chi connectivity index (χ3v) is 4.29. The second-order valence-electron chi connectivity index (χ2n) is 5.97. The van der Waals surface area contributed by atoms with E-state index in [9.17, 15) is 14.9 Å². The first-order valence-corrected chi connectivity index (χ1v) is 7.73. The second kappa shape index (κ2) is 5.56. The molecule has 3 aromatic rings. The summed E-state index contributed by atoms with van der Waals surface area (Å²) in [6, 6.07) is 7.44. The zero-order chi connectivity index (χ0) is 17.4. The lowest BCUT2D eigenvalue weighted by molar-refractivity contribution is 0.375. The Bertz CT molecular complexity index is 1080. The normalized spacial score (nSPS) is 14.8. The van der Waals surface area contributed by atoms with Crippen LogP contribution in [0.1, 0.15) is 18.6 Å². The number of nitrogens with zero attached hydrogens (tertiary/aromatic N) is 5. The molecule has 8 heteroatoms. The molecule has 0 saturated heterocycles. The van der Waals surface area contributed by atoms with Crippen molar-refractivity contribution in [2.75, 3.05) is 0 Å². The summed E-state index contributed by atoms with van der Waals surface area (Å²) in [5, 5.41) is 13.2. The summed E-state index contributed by atoms with van der Waals surface area (Å²) in [5.74, 6) is 0.444. The van der Waals surface area contributed by atoms with Crippen LogP contribution in [0.4, 0.5) is 0 Å². The zero-order valence-corrected chi connectivity index (χ0v) is 13.1. The molecule has 0 atom stereocenters. The Balaban J connectivity index is 1.63. The average molecular weight is 335 g/mol. The smallest absolute Gasteiger partial charge is 0.317 e. The molecule has 3 heterocycles. The first-order chi connectivity index (χ1) is 12.1. The third-order valence-electron chi connectivity index (χ3n) is 4.29. The van der Waals surface area contributed by atoms with Crippen LogP contribution in [0.3, 0.4) is 0 Å². The lowest BCUT2D eigenvalue weighted by atomic mass is 10.2. The van der Waals surface area contributed by atoms with E-state index in [1.807, 2.05) is 6.07 Å². The van der Waals surface area contributed by atoms with Gasteiger partial charge in [-0.3, -0.25) is 19.1 Å². The second-order valence-corrected chi connectivity index (χ2v) is 5.97. The van der Waals surface area contributed by atoms with Crippen LogP contribution in [0.25, 0.3) is 11.3 Å². The van der Waals surface area contributed by atoms with Gasteiger partial charge in [0.15, 0.2) is 5.76 Å². The SMILES string of the molecule is N#CC1(n2ccn(Cc3cc(-c4cccnc4)no3)c(=O)c2=O)CC1. The minimum Gasteiger partial charge on any atom is -0.359 e. The van der Waals surface area contributed by atoms with Crippen LogP contribution in [0.2, 0.25) is 0 Å². The number of nitriles is 1. The number of hydrogen-bond donors (Lipinski definition) is 0. The summed E-state index contributed by atoms with van der Waals surface area (Å²) >= 11 is 0. The lowest BCUT2D eigenvalue weighted by Gasteiger charge is -2.11. The van der Waals surface area contributed by atoms with Crippen LogP contribution in [0.15, 0.2) is 57.1 Å². The topological polar surface area (TPSA) is 107 Å². The highest BCUT2D eigenvalue weighted by Crippen LogP contribution is 2.41. The van der Waals surface area contributed by atoms with E-state index >= 15 is 0 Å². The molecular weight excluding hydrogens is 322 g/mol. The zero-order valence-electron chi connectivity index (χ0n) is 13.1. The number of aromatic nitrogens is 4. The number of rotatable bonds is 4. The molecule has 1 aliphatic rings. The van der Waals surface area contributed by atoms with Crippen LogP contribution < -0.4 is 11.1 Å². The average Bonchev–Trinajstić information content (AvgIpc) is 3.30. The Hall–Kier alpha value is -3.47. The molecule has 1 aliphatic carbocycles. The molecular formula is C17H13N5O3. The van der Waals surface area contributed by atoms with Crippen LogP contribution in [0, 0.1) is 11.3 Å². The van der Waals surface area contributed by atoms with E-state index in [-0.39, 0.29) is 6.54 Å². The Kier molecular flexibility index (Phi) is 3.35. The lowest BCUT2D eigenvalue weighted by Crippen LogP contribution is -2.44. The standard InChI is InChI=1S/C17H13N5O3/c18-11-17(3-4-17)22-7-6-21(15(23)16(22)24)10-13-8-14(20-25-13)12-2-1-5-19-9-12/h1-2,5-9H,3-4,10H2. The van der Waals surface area contributed by atoms with Gasteiger partial charge in [0.05, 0.1) is 12.6 Å². The van der Waals surface area contributed by atoms with E-state index in [0.717, 1.165) is 5.56 Å². The fraction of sp³-hybridized carbons (Fsp3) is 0.235. The van der Waals surface area contributed by atoms with Gasteiger partial charge in [0, 0.05) is 36.4 Å². The molecule has 0 spiro atoms. The van der Waals surface area contributed by atoms with E-state index in [1.54, 1.807) is 24.5 Å². The molecule has 0 N–H and O–H groups in total. The van der Waals surface area contributed by atoms with E-state index in [0.29, 0.717) is 24.3 Å². The van der Waals surface area contributed by atoms with Gasteiger partial charge in [0.25, 0.3) is 0 Å². The quantitative estimate of drug-likeness (QED) is 0.661. The van der Waals surface area contributed by atoms with E-state index in [4.69, 9.17) is 4.52 Å². The van der Waals surface area contributed by atoms with Crippen molar-refractivity contribution in [3.63, 3.8) is 0 Å². The summed E-state index contributed by atoms with van der Waals surface area (Å²) in [6.07, 6.45) is 7.47. The predicted octanol–water partition coefficient (Wildman–Crippen LogP) is 1.12. The van der Waals surface area contributed by atoms with Crippen LogP contribution in [-0.4, -0.2) is 19.3 Å². The largest absolute Gasteiger partial charge is 0.359 e. The fourth-order valence-electron chi connectivity index (χ4n) is 2.70. The molecule has 0 bridgehead atoms.